The zero-order chi connectivity index (χ0) is 13.3. The van der Waals surface area contributed by atoms with Gasteiger partial charge in [-0.1, -0.05) is 36.1 Å². The fourth-order valence-electron chi connectivity index (χ4n) is 1.99. The van der Waals surface area contributed by atoms with E-state index in [1.165, 1.54) is 12.1 Å². The van der Waals surface area contributed by atoms with Gasteiger partial charge in [-0.2, -0.15) is 5.48 Å². The molecule has 1 aromatic rings. The number of rotatable bonds is 3. The van der Waals surface area contributed by atoms with E-state index < -0.39 is 0 Å². The van der Waals surface area contributed by atoms with Crippen LogP contribution in [0.3, 0.4) is 0 Å². The molecule has 3 nitrogen and oxygen atoms in total. The Morgan fingerprint density at radius 2 is 2.06 bits per heavy atom. The lowest BCUT2D eigenvalue weighted by Crippen LogP contribution is -2.49. The molecule has 1 aliphatic heterocycles. The van der Waals surface area contributed by atoms with Gasteiger partial charge in [0.1, 0.15) is 16.3 Å². The van der Waals surface area contributed by atoms with Crippen molar-refractivity contribution in [2.75, 3.05) is 0 Å². The SMILES string of the molecule is CC1(C)SC(=S)N(Cc2ccc(F)cc2)C1NO. The standard InChI is InChI=1S/C12H15FN2OS2/c1-12(2)10(14-16)15(11(17)18-12)7-8-3-5-9(13)6-4-8/h3-6,10,14,16H,7H2,1-2H3. The van der Waals surface area contributed by atoms with Gasteiger partial charge in [0.25, 0.3) is 0 Å². The smallest absolute Gasteiger partial charge is 0.138 e. The molecule has 1 heterocycles. The molecular formula is C12H15FN2OS2. The predicted molar refractivity (Wildman–Crippen MR) is 74.9 cm³/mol. The highest BCUT2D eigenvalue weighted by Crippen LogP contribution is 2.40. The van der Waals surface area contributed by atoms with E-state index in [4.69, 9.17) is 12.2 Å². The first kappa shape index (κ1) is 13.7. The van der Waals surface area contributed by atoms with Crippen molar-refractivity contribution in [1.82, 2.24) is 10.4 Å². The summed E-state index contributed by atoms with van der Waals surface area (Å²) in [5, 5.41) is 9.29. The summed E-state index contributed by atoms with van der Waals surface area (Å²) < 4.78 is 13.4. The Morgan fingerprint density at radius 1 is 1.44 bits per heavy atom. The molecule has 0 spiro atoms. The molecule has 1 unspecified atom stereocenters. The zero-order valence-corrected chi connectivity index (χ0v) is 11.8. The van der Waals surface area contributed by atoms with E-state index in [0.717, 1.165) is 9.88 Å². The van der Waals surface area contributed by atoms with E-state index in [1.54, 1.807) is 23.9 Å². The minimum Gasteiger partial charge on any atom is -0.334 e. The van der Waals surface area contributed by atoms with Gasteiger partial charge in [-0.15, -0.1) is 0 Å². The molecule has 18 heavy (non-hydrogen) atoms. The van der Waals surface area contributed by atoms with E-state index in [9.17, 15) is 9.60 Å². The lowest BCUT2D eigenvalue weighted by atomic mass is 10.1. The number of nitrogens with zero attached hydrogens (tertiary/aromatic N) is 1. The van der Waals surface area contributed by atoms with Crippen LogP contribution in [-0.2, 0) is 6.54 Å². The number of halogens is 1. The largest absolute Gasteiger partial charge is 0.334 e. The Morgan fingerprint density at radius 3 is 2.61 bits per heavy atom. The van der Waals surface area contributed by atoms with Gasteiger partial charge in [-0.05, 0) is 31.5 Å². The summed E-state index contributed by atoms with van der Waals surface area (Å²) in [5.74, 6) is -0.255. The van der Waals surface area contributed by atoms with Gasteiger partial charge in [-0.25, -0.2) is 4.39 Å². The summed E-state index contributed by atoms with van der Waals surface area (Å²) >= 11 is 6.87. The molecule has 6 heteroatoms. The molecule has 0 aliphatic carbocycles. The van der Waals surface area contributed by atoms with Crippen molar-refractivity contribution in [1.29, 1.82) is 0 Å². The monoisotopic (exact) mass is 286 g/mol. The molecule has 0 radical (unpaired) electrons. The number of thiocarbonyl (C=S) groups is 1. The molecule has 0 saturated carbocycles. The summed E-state index contributed by atoms with van der Waals surface area (Å²) in [6.07, 6.45) is -0.250. The second-order valence-corrected chi connectivity index (χ2v) is 7.05. The average molecular weight is 286 g/mol. The van der Waals surface area contributed by atoms with E-state index >= 15 is 0 Å². The van der Waals surface area contributed by atoms with E-state index in [2.05, 4.69) is 5.48 Å². The quantitative estimate of drug-likeness (QED) is 0.660. The summed E-state index contributed by atoms with van der Waals surface area (Å²) in [4.78, 5) is 1.91. The van der Waals surface area contributed by atoms with Gasteiger partial charge in [0, 0.05) is 6.54 Å². The van der Waals surface area contributed by atoms with Crippen molar-refractivity contribution in [3.05, 3.63) is 35.6 Å². The summed E-state index contributed by atoms with van der Waals surface area (Å²) in [5.41, 5.74) is 3.27. The Kier molecular flexibility index (Phi) is 3.91. The van der Waals surface area contributed by atoms with Crippen LogP contribution in [-0.4, -0.2) is 25.3 Å². The molecule has 1 aliphatic rings. The molecule has 98 valence electrons. The molecule has 0 aromatic heterocycles. The van der Waals surface area contributed by atoms with Gasteiger partial charge in [-0.3, -0.25) is 0 Å². The number of hydrogen-bond acceptors (Lipinski definition) is 4. The second-order valence-electron chi connectivity index (χ2n) is 4.76. The molecule has 1 atom stereocenters. The first-order valence-corrected chi connectivity index (χ1v) is 6.80. The fraction of sp³-hybridized carbons (Fsp3) is 0.417. The number of thioether (sulfide) groups is 1. The van der Waals surface area contributed by atoms with Crippen molar-refractivity contribution in [3.63, 3.8) is 0 Å². The number of benzene rings is 1. The minimum absolute atomic E-state index is 0.203. The van der Waals surface area contributed by atoms with E-state index in [-0.39, 0.29) is 16.7 Å². The maximum atomic E-state index is 12.8. The van der Waals surface area contributed by atoms with Crippen LogP contribution in [0, 0.1) is 5.82 Å². The Balaban J connectivity index is 2.17. The van der Waals surface area contributed by atoms with Crippen LogP contribution in [0.1, 0.15) is 19.4 Å². The Bertz CT molecular complexity index is 450. The highest BCUT2D eigenvalue weighted by molar-refractivity contribution is 8.24. The minimum atomic E-state index is -0.255. The topological polar surface area (TPSA) is 35.5 Å². The number of hydrogen-bond donors (Lipinski definition) is 2. The first-order chi connectivity index (χ1) is 8.44. The molecule has 1 saturated heterocycles. The molecule has 1 fully saturated rings. The van der Waals surface area contributed by atoms with Crippen LogP contribution in [0.25, 0.3) is 0 Å². The zero-order valence-electron chi connectivity index (χ0n) is 10.2. The third-order valence-electron chi connectivity index (χ3n) is 2.94. The van der Waals surface area contributed by atoms with Crippen molar-refractivity contribution in [2.24, 2.45) is 0 Å². The molecule has 1 aromatic carbocycles. The van der Waals surface area contributed by atoms with Gasteiger partial charge in [0.15, 0.2) is 0 Å². The van der Waals surface area contributed by atoms with Crippen molar-refractivity contribution in [3.8, 4) is 0 Å². The van der Waals surface area contributed by atoms with Gasteiger partial charge in [0.2, 0.25) is 0 Å². The van der Waals surface area contributed by atoms with Crippen LogP contribution in [0.4, 0.5) is 4.39 Å². The van der Waals surface area contributed by atoms with Crippen LogP contribution in [0.15, 0.2) is 24.3 Å². The molecule has 2 rings (SSSR count). The molecular weight excluding hydrogens is 271 g/mol. The van der Waals surface area contributed by atoms with Crippen LogP contribution < -0.4 is 5.48 Å². The fourth-order valence-corrected chi connectivity index (χ4v) is 3.83. The Hall–Kier alpha value is -0.690. The van der Waals surface area contributed by atoms with Gasteiger partial charge < -0.3 is 10.1 Å². The van der Waals surface area contributed by atoms with E-state index in [0.29, 0.717) is 6.54 Å². The Labute approximate surface area is 115 Å². The lowest BCUT2D eigenvalue weighted by Gasteiger charge is -2.30. The third kappa shape index (κ3) is 2.66. The molecule has 0 amide bonds. The maximum absolute atomic E-state index is 12.8. The molecule has 2 N–H and O–H groups in total. The van der Waals surface area contributed by atoms with Crippen LogP contribution in [0.5, 0.6) is 0 Å². The van der Waals surface area contributed by atoms with Crippen molar-refractivity contribution < 1.29 is 9.60 Å². The highest BCUT2D eigenvalue weighted by atomic mass is 32.2. The summed E-state index contributed by atoms with van der Waals surface area (Å²) in [6, 6.07) is 6.30. The first-order valence-electron chi connectivity index (χ1n) is 5.58. The van der Waals surface area contributed by atoms with Crippen LogP contribution >= 0.6 is 24.0 Å². The maximum Gasteiger partial charge on any atom is 0.138 e. The predicted octanol–water partition coefficient (Wildman–Crippen LogP) is 2.74. The summed E-state index contributed by atoms with van der Waals surface area (Å²) in [6.45, 7) is 4.58. The summed E-state index contributed by atoms with van der Waals surface area (Å²) in [7, 11) is 0. The number of hydroxylamine groups is 1. The van der Waals surface area contributed by atoms with E-state index in [1.807, 2.05) is 18.7 Å². The lowest BCUT2D eigenvalue weighted by molar-refractivity contribution is 0.0543. The average Bonchev–Trinajstić information content (AvgIpc) is 2.51. The van der Waals surface area contributed by atoms with Crippen LogP contribution in [0.2, 0.25) is 0 Å². The van der Waals surface area contributed by atoms with Crippen molar-refractivity contribution >= 4 is 28.3 Å². The highest BCUT2D eigenvalue weighted by Gasteiger charge is 2.44. The molecule has 0 bridgehead atoms. The third-order valence-corrected chi connectivity index (χ3v) is 4.59. The second kappa shape index (κ2) is 5.13. The normalized spacial score (nSPS) is 22.6. The number of nitrogens with one attached hydrogen (secondary N) is 1. The van der Waals surface area contributed by atoms with Gasteiger partial charge >= 0.3 is 0 Å². The van der Waals surface area contributed by atoms with Gasteiger partial charge in [0.05, 0.1) is 4.75 Å². The van der Waals surface area contributed by atoms with Crippen molar-refractivity contribution in [2.45, 2.75) is 31.3 Å².